The Labute approximate surface area is 180 Å². The monoisotopic (exact) mass is 417 g/mol. The van der Waals surface area contributed by atoms with Gasteiger partial charge in [0.05, 0.1) is 11.0 Å². The third kappa shape index (κ3) is 5.54. The maximum atomic E-state index is 12.9. The molecule has 0 saturated heterocycles. The van der Waals surface area contributed by atoms with Gasteiger partial charge in [-0.25, -0.2) is 0 Å². The maximum absolute atomic E-state index is 12.9. The van der Waals surface area contributed by atoms with E-state index < -0.39 is 16.9 Å². The van der Waals surface area contributed by atoms with E-state index in [1.165, 1.54) is 24.3 Å². The lowest BCUT2D eigenvalue weighted by atomic mass is 9.97. The van der Waals surface area contributed by atoms with Gasteiger partial charge in [0.25, 0.3) is 11.6 Å². The quantitative estimate of drug-likeness (QED) is 0.449. The van der Waals surface area contributed by atoms with Crippen molar-refractivity contribution in [2.45, 2.75) is 25.9 Å². The van der Waals surface area contributed by atoms with E-state index in [1.807, 2.05) is 61.5 Å². The molecule has 0 radical (unpaired) electrons. The Kier molecular flexibility index (Phi) is 6.77. The van der Waals surface area contributed by atoms with Gasteiger partial charge in [-0.2, -0.15) is 0 Å². The molecule has 2 atom stereocenters. The number of hydrogen-bond acceptors (Lipinski definition) is 4. The predicted octanol–water partition coefficient (Wildman–Crippen LogP) is 3.93. The molecule has 2 amide bonds. The summed E-state index contributed by atoms with van der Waals surface area (Å²) in [4.78, 5) is 35.7. The van der Waals surface area contributed by atoms with Gasteiger partial charge in [-0.15, -0.1) is 0 Å². The van der Waals surface area contributed by atoms with Crippen LogP contribution in [0.1, 0.15) is 40.0 Å². The number of nitro benzene ring substituents is 1. The lowest BCUT2D eigenvalue weighted by Gasteiger charge is -2.23. The van der Waals surface area contributed by atoms with Crippen LogP contribution in [0.15, 0.2) is 78.9 Å². The average Bonchev–Trinajstić information content (AvgIpc) is 2.78. The molecule has 0 fully saturated rings. The zero-order valence-corrected chi connectivity index (χ0v) is 17.2. The van der Waals surface area contributed by atoms with Crippen molar-refractivity contribution in [1.82, 2.24) is 10.6 Å². The number of carbonyl (C=O) groups excluding carboxylic acids is 2. The summed E-state index contributed by atoms with van der Waals surface area (Å²) in [6.45, 7) is 3.56. The van der Waals surface area contributed by atoms with Gasteiger partial charge in [0.2, 0.25) is 5.91 Å². The van der Waals surface area contributed by atoms with Gasteiger partial charge >= 0.3 is 0 Å². The minimum atomic E-state index is -0.844. The number of amides is 2. The molecule has 0 aliphatic heterocycles. The number of non-ortho nitro benzene ring substituents is 1. The number of carbonyl (C=O) groups is 2. The summed E-state index contributed by atoms with van der Waals surface area (Å²) in [7, 11) is 0. The summed E-state index contributed by atoms with van der Waals surface area (Å²) in [6, 6.07) is 21.6. The summed E-state index contributed by atoms with van der Waals surface area (Å²) < 4.78 is 0. The highest BCUT2D eigenvalue weighted by atomic mass is 16.6. The number of nitro groups is 1. The van der Waals surface area contributed by atoms with Crippen molar-refractivity contribution in [3.05, 3.63) is 111 Å². The number of aryl methyl sites for hydroxylation is 1. The van der Waals surface area contributed by atoms with Crippen molar-refractivity contribution in [3.63, 3.8) is 0 Å². The van der Waals surface area contributed by atoms with E-state index in [9.17, 15) is 19.7 Å². The molecule has 0 spiro atoms. The number of rotatable bonds is 7. The summed E-state index contributed by atoms with van der Waals surface area (Å²) in [5.41, 5.74) is 2.87. The highest BCUT2D eigenvalue weighted by Crippen LogP contribution is 2.22. The van der Waals surface area contributed by atoms with Crippen LogP contribution in [0.2, 0.25) is 0 Å². The maximum Gasteiger partial charge on any atom is 0.270 e. The molecule has 7 nitrogen and oxygen atoms in total. The summed E-state index contributed by atoms with van der Waals surface area (Å²) in [6.07, 6.45) is 0. The van der Waals surface area contributed by atoms with E-state index in [-0.39, 0.29) is 23.2 Å². The predicted molar refractivity (Wildman–Crippen MR) is 118 cm³/mol. The Balaban J connectivity index is 1.75. The number of nitrogens with one attached hydrogen (secondary N) is 2. The Morgan fingerprint density at radius 3 is 2.16 bits per heavy atom. The van der Waals surface area contributed by atoms with Gasteiger partial charge < -0.3 is 10.6 Å². The van der Waals surface area contributed by atoms with E-state index in [0.717, 1.165) is 16.7 Å². The first-order valence-corrected chi connectivity index (χ1v) is 9.82. The van der Waals surface area contributed by atoms with Gasteiger partial charge in [-0.1, -0.05) is 66.2 Å². The summed E-state index contributed by atoms with van der Waals surface area (Å²) in [5, 5.41) is 16.5. The molecule has 2 N–H and O–H groups in total. The molecular weight excluding hydrogens is 394 g/mol. The van der Waals surface area contributed by atoms with Gasteiger partial charge in [-0.05, 0) is 31.0 Å². The van der Waals surface area contributed by atoms with Crippen LogP contribution in [0, 0.1) is 17.0 Å². The zero-order chi connectivity index (χ0) is 22.4. The molecule has 0 aliphatic carbocycles. The number of hydrogen-bond donors (Lipinski definition) is 2. The zero-order valence-electron chi connectivity index (χ0n) is 17.2. The fourth-order valence-corrected chi connectivity index (χ4v) is 3.14. The van der Waals surface area contributed by atoms with Gasteiger partial charge in [0, 0.05) is 17.7 Å². The van der Waals surface area contributed by atoms with Gasteiger partial charge in [-0.3, -0.25) is 19.7 Å². The van der Waals surface area contributed by atoms with Crippen LogP contribution in [0.4, 0.5) is 5.69 Å². The highest BCUT2D eigenvalue weighted by molar-refractivity contribution is 5.98. The van der Waals surface area contributed by atoms with Crippen LogP contribution in [-0.2, 0) is 4.79 Å². The van der Waals surface area contributed by atoms with Crippen molar-refractivity contribution in [2.24, 2.45) is 0 Å². The van der Waals surface area contributed by atoms with Crippen molar-refractivity contribution in [3.8, 4) is 0 Å². The van der Waals surface area contributed by atoms with Crippen LogP contribution in [0.5, 0.6) is 0 Å². The van der Waals surface area contributed by atoms with E-state index >= 15 is 0 Å². The van der Waals surface area contributed by atoms with Crippen LogP contribution < -0.4 is 10.6 Å². The van der Waals surface area contributed by atoms with Gasteiger partial charge in [0.1, 0.15) is 6.04 Å². The molecular formula is C24H23N3O4. The Morgan fingerprint density at radius 2 is 1.52 bits per heavy atom. The van der Waals surface area contributed by atoms with Crippen molar-refractivity contribution in [2.75, 3.05) is 0 Å². The minimum Gasteiger partial charge on any atom is -0.343 e. The first-order valence-electron chi connectivity index (χ1n) is 9.82. The molecule has 0 aromatic heterocycles. The lowest BCUT2D eigenvalue weighted by molar-refractivity contribution is -0.384. The normalized spacial score (nSPS) is 12.5. The summed E-state index contributed by atoms with van der Waals surface area (Å²) >= 11 is 0. The second-order valence-electron chi connectivity index (χ2n) is 7.27. The number of nitrogens with zero attached hydrogens (tertiary/aromatic N) is 1. The Morgan fingerprint density at radius 1 is 0.871 bits per heavy atom. The third-order valence-corrected chi connectivity index (χ3v) is 4.89. The second kappa shape index (κ2) is 9.67. The van der Waals surface area contributed by atoms with E-state index in [4.69, 9.17) is 0 Å². The first-order chi connectivity index (χ1) is 14.8. The lowest BCUT2D eigenvalue weighted by Crippen LogP contribution is -2.46. The summed E-state index contributed by atoms with van der Waals surface area (Å²) in [5.74, 6) is -0.925. The van der Waals surface area contributed by atoms with Crippen LogP contribution in [0.3, 0.4) is 0 Å². The first kappa shape index (κ1) is 21.7. The fourth-order valence-electron chi connectivity index (χ4n) is 3.14. The van der Waals surface area contributed by atoms with E-state index in [2.05, 4.69) is 10.6 Å². The standard InChI is InChI=1S/C24H23N3O4/c1-16-11-13-19(14-12-16)22(18-7-4-3-5-8-18)26-23(28)17(2)25-24(29)20-9-6-10-21(15-20)27(30)31/h3-15,17,22H,1-2H3,(H,25,29)(H,26,28). The second-order valence-corrected chi connectivity index (χ2v) is 7.27. The fraction of sp³-hybridized carbons (Fsp3) is 0.167. The van der Waals surface area contributed by atoms with Crippen LogP contribution >= 0.6 is 0 Å². The van der Waals surface area contributed by atoms with E-state index in [1.54, 1.807) is 6.92 Å². The Bertz CT molecular complexity index is 1080. The molecule has 0 saturated carbocycles. The SMILES string of the molecule is Cc1ccc(C(NC(=O)C(C)NC(=O)c2cccc([N+](=O)[O-])c2)c2ccccc2)cc1. The molecule has 0 bridgehead atoms. The highest BCUT2D eigenvalue weighted by Gasteiger charge is 2.22. The van der Waals surface area contributed by atoms with Crippen molar-refractivity contribution < 1.29 is 14.5 Å². The molecule has 158 valence electrons. The van der Waals surface area contributed by atoms with Gasteiger partial charge in [0.15, 0.2) is 0 Å². The molecule has 2 unspecified atom stereocenters. The molecule has 3 aromatic rings. The molecule has 7 heteroatoms. The van der Waals surface area contributed by atoms with Crippen molar-refractivity contribution in [1.29, 1.82) is 0 Å². The average molecular weight is 417 g/mol. The smallest absolute Gasteiger partial charge is 0.270 e. The largest absolute Gasteiger partial charge is 0.343 e. The molecule has 3 aromatic carbocycles. The molecule has 0 heterocycles. The Hall–Kier alpha value is -4.00. The van der Waals surface area contributed by atoms with E-state index in [0.29, 0.717) is 0 Å². The minimum absolute atomic E-state index is 0.118. The van der Waals surface area contributed by atoms with Crippen LogP contribution in [0.25, 0.3) is 0 Å². The van der Waals surface area contributed by atoms with Crippen LogP contribution in [-0.4, -0.2) is 22.8 Å². The number of benzene rings is 3. The third-order valence-electron chi connectivity index (χ3n) is 4.89. The molecule has 3 rings (SSSR count). The molecule has 31 heavy (non-hydrogen) atoms. The van der Waals surface area contributed by atoms with Crippen molar-refractivity contribution >= 4 is 17.5 Å². The topological polar surface area (TPSA) is 101 Å². The molecule has 0 aliphatic rings.